The van der Waals surface area contributed by atoms with Gasteiger partial charge in [-0.2, -0.15) is 5.26 Å². The smallest absolute Gasteiger partial charge is 0.414 e. The van der Waals surface area contributed by atoms with E-state index < -0.39 is 0 Å². The first-order valence-corrected chi connectivity index (χ1v) is 10.6. The van der Waals surface area contributed by atoms with Crippen LogP contribution >= 0.6 is 0 Å². The minimum atomic E-state index is -0.342. The Kier molecular flexibility index (Phi) is 5.08. The molecule has 0 aliphatic carbocycles. The number of amides is 1. The van der Waals surface area contributed by atoms with Gasteiger partial charge in [-0.25, -0.2) is 9.18 Å². The molecule has 0 saturated carbocycles. The highest BCUT2D eigenvalue weighted by Gasteiger charge is 2.34. The lowest BCUT2D eigenvalue weighted by Gasteiger charge is -2.32. The number of piperidine rings is 1. The third-order valence-electron chi connectivity index (χ3n) is 6.35. The van der Waals surface area contributed by atoms with Crippen molar-refractivity contribution in [3.63, 3.8) is 0 Å². The van der Waals surface area contributed by atoms with Crippen LogP contribution in [0.3, 0.4) is 0 Å². The molecule has 0 radical (unpaired) electrons. The molecule has 2 aromatic carbocycles. The zero-order valence-electron chi connectivity index (χ0n) is 17.1. The van der Waals surface area contributed by atoms with Gasteiger partial charge in [0.05, 0.1) is 18.2 Å². The first-order chi connectivity index (χ1) is 15.1. The summed E-state index contributed by atoms with van der Waals surface area (Å²) in [6, 6.07) is 13.9. The van der Waals surface area contributed by atoms with Gasteiger partial charge in [0.15, 0.2) is 0 Å². The number of H-pyrrole nitrogens is 1. The maximum Gasteiger partial charge on any atom is 0.414 e. The lowest BCUT2D eigenvalue weighted by molar-refractivity contribution is 0.0977. The molecule has 2 aliphatic rings. The van der Waals surface area contributed by atoms with Crippen LogP contribution in [0.2, 0.25) is 0 Å². The van der Waals surface area contributed by atoms with Crippen LogP contribution < -0.4 is 4.90 Å². The number of halogens is 1. The van der Waals surface area contributed by atoms with Gasteiger partial charge in [-0.15, -0.1) is 0 Å². The summed E-state index contributed by atoms with van der Waals surface area (Å²) >= 11 is 0. The molecule has 5 rings (SSSR count). The SMILES string of the molecule is N#Cc1ccc(N2C[C@@H](CN3CCC(c4c[nH]c5ccc(F)cc45)CC3)OC2=O)cc1. The van der Waals surface area contributed by atoms with Crippen molar-refractivity contribution in [1.29, 1.82) is 5.26 Å². The first-order valence-electron chi connectivity index (χ1n) is 10.6. The van der Waals surface area contributed by atoms with Crippen molar-refractivity contribution in [2.24, 2.45) is 0 Å². The number of anilines is 1. The van der Waals surface area contributed by atoms with E-state index in [1.807, 2.05) is 6.20 Å². The van der Waals surface area contributed by atoms with E-state index in [4.69, 9.17) is 10.00 Å². The topological polar surface area (TPSA) is 72.4 Å². The van der Waals surface area contributed by atoms with Gasteiger partial charge in [0.1, 0.15) is 11.9 Å². The van der Waals surface area contributed by atoms with E-state index in [0.29, 0.717) is 24.6 Å². The van der Waals surface area contributed by atoms with Crippen molar-refractivity contribution >= 4 is 22.7 Å². The van der Waals surface area contributed by atoms with E-state index in [2.05, 4.69) is 16.0 Å². The molecule has 1 N–H and O–H groups in total. The summed E-state index contributed by atoms with van der Waals surface area (Å²) < 4.78 is 19.3. The molecule has 3 heterocycles. The second-order valence-corrected chi connectivity index (χ2v) is 8.28. The molecule has 31 heavy (non-hydrogen) atoms. The van der Waals surface area contributed by atoms with Crippen molar-refractivity contribution in [1.82, 2.24) is 9.88 Å². The van der Waals surface area contributed by atoms with Gasteiger partial charge in [0, 0.05) is 29.3 Å². The molecular formula is C24H23FN4O2. The number of nitrogens with one attached hydrogen (secondary N) is 1. The number of aromatic amines is 1. The number of hydrogen-bond acceptors (Lipinski definition) is 4. The zero-order chi connectivity index (χ0) is 21.4. The summed E-state index contributed by atoms with van der Waals surface area (Å²) in [4.78, 5) is 19.5. The summed E-state index contributed by atoms with van der Waals surface area (Å²) in [6.07, 6.45) is 3.47. The highest BCUT2D eigenvalue weighted by molar-refractivity contribution is 5.89. The predicted octanol–water partition coefficient (Wildman–Crippen LogP) is 4.38. The Morgan fingerprint density at radius 2 is 1.94 bits per heavy atom. The molecule has 1 aromatic heterocycles. The maximum absolute atomic E-state index is 13.7. The first kappa shape index (κ1) is 19.6. The third kappa shape index (κ3) is 3.87. The number of ether oxygens (including phenoxy) is 1. The van der Waals surface area contributed by atoms with Crippen LogP contribution in [-0.4, -0.2) is 48.3 Å². The summed E-state index contributed by atoms with van der Waals surface area (Å²) in [5.41, 5.74) is 3.47. The number of rotatable bonds is 4. The molecule has 3 aromatic rings. The fraction of sp³-hybridized carbons (Fsp3) is 0.333. The van der Waals surface area contributed by atoms with E-state index >= 15 is 0 Å². The lowest BCUT2D eigenvalue weighted by atomic mass is 9.89. The van der Waals surface area contributed by atoms with Crippen LogP contribution in [0, 0.1) is 17.1 Å². The van der Waals surface area contributed by atoms with Crippen molar-refractivity contribution in [3.05, 3.63) is 65.6 Å². The average molecular weight is 418 g/mol. The van der Waals surface area contributed by atoms with Crippen molar-refractivity contribution in [3.8, 4) is 6.07 Å². The highest BCUT2D eigenvalue weighted by atomic mass is 19.1. The standard InChI is InChI=1S/C24H23FN4O2/c25-18-3-6-23-21(11-18)22(13-27-23)17-7-9-28(10-8-17)14-20-15-29(24(30)31-20)19-4-1-16(12-26)2-5-19/h1-6,11,13,17,20,27H,7-10,14-15H2/t20-/m1/s1. The van der Waals surface area contributed by atoms with Crippen LogP contribution in [0.15, 0.2) is 48.7 Å². The molecule has 2 aliphatic heterocycles. The fourth-order valence-corrected chi connectivity index (χ4v) is 4.71. The van der Waals surface area contributed by atoms with Crippen molar-refractivity contribution in [2.75, 3.05) is 31.1 Å². The molecule has 1 amide bonds. The Balaban J connectivity index is 1.18. The van der Waals surface area contributed by atoms with Crippen LogP contribution in [-0.2, 0) is 4.74 Å². The normalized spacial score (nSPS) is 20.2. The molecule has 2 saturated heterocycles. The monoisotopic (exact) mass is 418 g/mol. The minimum absolute atomic E-state index is 0.179. The van der Waals surface area contributed by atoms with Gasteiger partial charge < -0.3 is 9.72 Å². The lowest BCUT2D eigenvalue weighted by Crippen LogP contribution is -2.39. The zero-order valence-corrected chi connectivity index (χ0v) is 17.1. The Labute approximate surface area is 179 Å². The van der Waals surface area contributed by atoms with E-state index in [1.54, 1.807) is 41.3 Å². The molecule has 0 bridgehead atoms. The molecule has 7 heteroatoms. The molecule has 1 atom stereocenters. The average Bonchev–Trinajstić information content (AvgIpc) is 3.37. The third-order valence-corrected chi connectivity index (χ3v) is 6.35. The number of cyclic esters (lactones) is 1. The second-order valence-electron chi connectivity index (χ2n) is 8.28. The number of benzene rings is 2. The van der Waals surface area contributed by atoms with Crippen molar-refractivity contribution < 1.29 is 13.9 Å². The van der Waals surface area contributed by atoms with Gasteiger partial charge >= 0.3 is 6.09 Å². The number of aromatic nitrogens is 1. The molecule has 0 spiro atoms. The van der Waals surface area contributed by atoms with E-state index in [1.165, 1.54) is 11.6 Å². The number of nitrogens with zero attached hydrogens (tertiary/aromatic N) is 3. The summed E-state index contributed by atoms with van der Waals surface area (Å²) in [5.74, 6) is 0.189. The maximum atomic E-state index is 13.7. The Hall–Kier alpha value is -3.37. The molecule has 2 fully saturated rings. The van der Waals surface area contributed by atoms with Crippen LogP contribution in [0.4, 0.5) is 14.9 Å². The summed E-state index contributed by atoms with van der Waals surface area (Å²) in [7, 11) is 0. The second kappa shape index (κ2) is 8.05. The summed E-state index contributed by atoms with van der Waals surface area (Å²) in [6.45, 7) is 3.04. The highest BCUT2D eigenvalue weighted by Crippen LogP contribution is 2.34. The Morgan fingerprint density at radius 3 is 2.68 bits per heavy atom. The molecule has 0 unspecified atom stereocenters. The van der Waals surface area contributed by atoms with E-state index in [9.17, 15) is 9.18 Å². The van der Waals surface area contributed by atoms with Crippen LogP contribution in [0.25, 0.3) is 10.9 Å². The summed E-state index contributed by atoms with van der Waals surface area (Å²) in [5, 5.41) is 9.91. The minimum Gasteiger partial charge on any atom is -0.443 e. The quantitative estimate of drug-likeness (QED) is 0.682. The van der Waals surface area contributed by atoms with E-state index in [-0.39, 0.29) is 18.0 Å². The number of fused-ring (bicyclic) bond motifs is 1. The van der Waals surface area contributed by atoms with Crippen LogP contribution in [0.5, 0.6) is 0 Å². The number of likely N-dealkylation sites (tertiary alicyclic amines) is 1. The number of nitriles is 1. The predicted molar refractivity (Wildman–Crippen MR) is 115 cm³/mol. The largest absolute Gasteiger partial charge is 0.443 e. The number of carbonyl (C=O) groups is 1. The van der Waals surface area contributed by atoms with Gasteiger partial charge in [-0.05, 0) is 79.9 Å². The van der Waals surface area contributed by atoms with Crippen LogP contribution in [0.1, 0.15) is 29.9 Å². The van der Waals surface area contributed by atoms with Gasteiger partial charge in [0.2, 0.25) is 0 Å². The Bertz CT molecular complexity index is 1140. The number of carbonyl (C=O) groups excluding carboxylic acids is 1. The molecule has 6 nitrogen and oxygen atoms in total. The molecular weight excluding hydrogens is 395 g/mol. The van der Waals surface area contributed by atoms with E-state index in [0.717, 1.165) is 42.5 Å². The fourth-order valence-electron chi connectivity index (χ4n) is 4.71. The van der Waals surface area contributed by atoms with Crippen molar-refractivity contribution in [2.45, 2.75) is 24.9 Å². The number of hydrogen-bond donors (Lipinski definition) is 1. The van der Waals surface area contributed by atoms with Gasteiger partial charge in [0.25, 0.3) is 0 Å². The van der Waals surface area contributed by atoms with Gasteiger partial charge in [-0.3, -0.25) is 9.80 Å². The van der Waals surface area contributed by atoms with Gasteiger partial charge in [-0.1, -0.05) is 0 Å². The molecule has 158 valence electrons. The Morgan fingerprint density at radius 1 is 1.16 bits per heavy atom.